The maximum absolute atomic E-state index is 10.1. The first-order valence-electron chi connectivity index (χ1n) is 2.81. The first kappa shape index (κ1) is 29.2. The molecule has 13 heteroatoms. The van der Waals surface area contributed by atoms with Crippen LogP contribution < -0.4 is 154 Å². The van der Waals surface area contributed by atoms with Crippen LogP contribution in [0.25, 0.3) is 0 Å². The predicted molar refractivity (Wildman–Crippen MR) is 43.2 cm³/mol. The Labute approximate surface area is 229 Å². The molecule has 0 saturated heterocycles. The van der Waals surface area contributed by atoms with Gasteiger partial charge in [0.2, 0.25) is 0 Å². The molecule has 0 N–H and O–H groups in total. The van der Waals surface area contributed by atoms with Gasteiger partial charge in [-0.05, 0) is 33.2 Å². The van der Waals surface area contributed by atoms with E-state index in [4.69, 9.17) is 0 Å². The molecule has 0 rings (SSSR count). The zero-order valence-corrected chi connectivity index (χ0v) is 21.1. The van der Waals surface area contributed by atoms with Gasteiger partial charge < -0.3 is 13.7 Å². The minimum absolute atomic E-state index is 0. The molecule has 0 heterocycles. The van der Waals surface area contributed by atoms with Crippen LogP contribution in [0.2, 0.25) is 0 Å². The van der Waals surface area contributed by atoms with Crippen LogP contribution in [-0.2, 0) is 33.2 Å². The third kappa shape index (κ3) is 21.5. The van der Waals surface area contributed by atoms with Crippen molar-refractivity contribution in [1.29, 1.82) is 0 Å². The van der Waals surface area contributed by atoms with E-state index in [1.165, 1.54) is 0 Å². The van der Waals surface area contributed by atoms with Crippen LogP contribution in [0.5, 0.6) is 0 Å². The molecule has 0 aromatic rings. The van der Waals surface area contributed by atoms with Crippen LogP contribution in [0, 0.1) is 0 Å². The zero-order chi connectivity index (χ0) is 10.4. The molecule has 0 aromatic heterocycles. The summed E-state index contributed by atoms with van der Waals surface area (Å²) in [6, 6.07) is 0. The van der Waals surface area contributed by atoms with Crippen LogP contribution in [0.3, 0.4) is 0 Å². The Hall–Kier alpha value is 5.20. The van der Waals surface area contributed by atoms with Crippen molar-refractivity contribution in [1.82, 2.24) is 4.90 Å². The van der Waals surface area contributed by atoms with Crippen molar-refractivity contribution in [3.8, 4) is 0 Å². The molecule has 0 aliphatic rings. The molecule has 0 aliphatic heterocycles. The molecule has 0 radical (unpaired) electrons. The summed E-state index contributed by atoms with van der Waals surface area (Å²) in [7, 11) is 0. The van der Waals surface area contributed by atoms with E-state index in [1.807, 2.05) is 0 Å². The second-order valence-corrected chi connectivity index (χ2v) is 4.57. The third-order valence-electron chi connectivity index (χ3n) is 0.864. The third-order valence-corrected chi connectivity index (χ3v) is 2.59. The van der Waals surface area contributed by atoms with Crippen molar-refractivity contribution in [2.75, 3.05) is 17.6 Å². The van der Waals surface area contributed by atoms with Gasteiger partial charge in [0, 0.05) is 0 Å². The van der Waals surface area contributed by atoms with Crippen molar-refractivity contribution in [3.05, 3.63) is 0 Å². The summed E-state index contributed by atoms with van der Waals surface area (Å²) in [6.45, 7) is 0. The Bertz CT molecular complexity index is 204. The fourth-order valence-electron chi connectivity index (χ4n) is 0.559. The van der Waals surface area contributed by atoms with E-state index >= 15 is 0 Å². The molecular formula is C3H6K3NO6S3. The zero-order valence-electron chi connectivity index (χ0n) is 9.24. The molecule has 0 amide bonds. The van der Waals surface area contributed by atoms with E-state index in [2.05, 4.69) is 0 Å². The van der Waals surface area contributed by atoms with Gasteiger partial charge in [-0.25, -0.2) is 0 Å². The number of hydrogen-bond acceptors (Lipinski definition) is 7. The first-order chi connectivity index (χ1) is 5.91. The normalized spacial score (nSPS) is 15.0. The Morgan fingerprint density at radius 1 is 0.688 bits per heavy atom. The van der Waals surface area contributed by atoms with Crippen molar-refractivity contribution in [2.45, 2.75) is 0 Å². The van der Waals surface area contributed by atoms with Crippen molar-refractivity contribution in [2.24, 2.45) is 0 Å². The van der Waals surface area contributed by atoms with Gasteiger partial charge in [-0.15, -0.1) is 0 Å². The summed E-state index contributed by atoms with van der Waals surface area (Å²) in [5.74, 6) is -1.87. The minimum Gasteiger partial charge on any atom is -0.771 e. The van der Waals surface area contributed by atoms with Crippen molar-refractivity contribution >= 4 is 33.2 Å². The molecule has 80 valence electrons. The van der Waals surface area contributed by atoms with Crippen LogP contribution in [-0.4, -0.2) is 48.8 Å². The summed E-state index contributed by atoms with van der Waals surface area (Å²) < 4.78 is 60.8. The summed E-state index contributed by atoms with van der Waals surface area (Å²) in [6.07, 6.45) is 0. The summed E-state index contributed by atoms with van der Waals surface area (Å²) in [5.41, 5.74) is 0. The predicted octanol–water partition coefficient (Wildman–Crippen LogP) is -11.2. The Morgan fingerprint density at radius 3 is 1.00 bits per heavy atom. The molecule has 16 heavy (non-hydrogen) atoms. The molecule has 3 atom stereocenters. The summed E-state index contributed by atoms with van der Waals surface area (Å²) >= 11 is -7.50. The fraction of sp³-hybridized carbons (Fsp3) is 1.00. The smallest absolute Gasteiger partial charge is 0.771 e. The van der Waals surface area contributed by atoms with Gasteiger partial charge in [-0.2, -0.15) is 0 Å². The maximum atomic E-state index is 10.1. The minimum atomic E-state index is -2.50. The average Bonchev–Trinajstić information content (AvgIpc) is 1.80. The maximum Gasteiger partial charge on any atom is 1.00 e. The quantitative estimate of drug-likeness (QED) is 0.338. The molecule has 7 nitrogen and oxygen atoms in total. The molecular weight excluding hydrogens is 360 g/mol. The summed E-state index contributed by atoms with van der Waals surface area (Å²) in [5, 5.41) is 0. The van der Waals surface area contributed by atoms with E-state index < -0.39 is 50.9 Å². The summed E-state index contributed by atoms with van der Waals surface area (Å²) in [4.78, 5) is 0.759. The van der Waals surface area contributed by atoms with Crippen molar-refractivity contribution < 1.29 is 180 Å². The SMILES string of the molecule is O=S([O-])CN(CS(=O)[O-])CS(=O)[O-].[K+].[K+].[K+]. The second-order valence-electron chi connectivity index (χ2n) is 1.97. The first-order valence-corrected chi connectivity index (χ1v) is 6.55. The number of rotatable bonds is 6. The number of nitrogens with zero attached hydrogens (tertiary/aromatic N) is 1. The van der Waals surface area contributed by atoms with E-state index in [-0.39, 0.29) is 154 Å². The molecule has 0 spiro atoms. The average molecular weight is 366 g/mol. The second kappa shape index (κ2) is 18.2. The molecule has 0 saturated carbocycles. The Balaban J connectivity index is -0.000000240. The molecule has 0 fully saturated rings. The molecule has 0 aliphatic carbocycles. The van der Waals surface area contributed by atoms with Crippen LogP contribution in [0.15, 0.2) is 0 Å². The van der Waals surface area contributed by atoms with E-state index in [9.17, 15) is 26.3 Å². The van der Waals surface area contributed by atoms with Gasteiger partial charge in [0.05, 0.1) is 17.6 Å². The van der Waals surface area contributed by atoms with E-state index in [0.717, 1.165) is 4.90 Å². The monoisotopic (exact) mass is 365 g/mol. The van der Waals surface area contributed by atoms with Gasteiger partial charge in [0.1, 0.15) is 0 Å². The van der Waals surface area contributed by atoms with Crippen LogP contribution in [0.1, 0.15) is 0 Å². The number of hydrogen-bond donors (Lipinski definition) is 0. The van der Waals surface area contributed by atoms with Gasteiger partial charge in [0.25, 0.3) is 0 Å². The standard InChI is InChI=1S/C3H9NO6S3.3K/c5-11(6)1-4(2-12(7)8)3-13(9)10;;;/h1-3H2,(H,5,6)(H,7,8)(H,9,10);;;/q;3*+1/p-3. The van der Waals surface area contributed by atoms with E-state index in [0.29, 0.717) is 0 Å². The topological polar surface area (TPSA) is 124 Å². The van der Waals surface area contributed by atoms with Gasteiger partial charge in [-0.3, -0.25) is 17.5 Å². The Kier molecular flexibility index (Phi) is 33.3. The largest absolute Gasteiger partial charge is 1.00 e. The fourth-order valence-corrected chi connectivity index (χ4v) is 2.35. The van der Waals surface area contributed by atoms with Gasteiger partial charge in [-0.1, -0.05) is 0 Å². The van der Waals surface area contributed by atoms with Gasteiger partial charge >= 0.3 is 154 Å². The van der Waals surface area contributed by atoms with Crippen molar-refractivity contribution in [3.63, 3.8) is 0 Å². The van der Waals surface area contributed by atoms with Crippen LogP contribution >= 0.6 is 0 Å². The molecule has 3 unspecified atom stereocenters. The molecule has 0 bridgehead atoms. The Morgan fingerprint density at radius 2 is 0.875 bits per heavy atom. The molecule has 0 aromatic carbocycles. The van der Waals surface area contributed by atoms with Crippen LogP contribution in [0.4, 0.5) is 0 Å². The van der Waals surface area contributed by atoms with Gasteiger partial charge in [0.15, 0.2) is 0 Å². The van der Waals surface area contributed by atoms with E-state index in [1.54, 1.807) is 0 Å².